The summed E-state index contributed by atoms with van der Waals surface area (Å²) in [6.45, 7) is 7.57. The maximum absolute atomic E-state index is 12.8. The zero-order chi connectivity index (χ0) is 15.9. The first kappa shape index (κ1) is 16.3. The molecule has 2 heterocycles. The van der Waals surface area contributed by atoms with E-state index in [1.54, 1.807) is 12.2 Å². The van der Waals surface area contributed by atoms with Crippen LogP contribution in [0.25, 0.3) is 0 Å². The molecule has 0 aliphatic carbocycles. The van der Waals surface area contributed by atoms with E-state index in [1.165, 1.54) is 6.20 Å². The van der Waals surface area contributed by atoms with E-state index in [9.17, 15) is 13.2 Å². The topological polar surface area (TPSA) is 30.8 Å². The van der Waals surface area contributed by atoms with Crippen LogP contribution in [0.2, 0.25) is 0 Å². The van der Waals surface area contributed by atoms with Gasteiger partial charge in [0.2, 0.25) is 0 Å². The van der Waals surface area contributed by atoms with E-state index in [0.717, 1.165) is 0 Å². The molecule has 0 saturated carbocycles. The molecular formula is C14H19BF3NO2. The van der Waals surface area contributed by atoms with Gasteiger partial charge in [0.05, 0.1) is 11.2 Å². The average Bonchev–Trinajstić information content (AvgIpc) is 2.45. The van der Waals surface area contributed by atoms with Crippen LogP contribution in [0.15, 0.2) is 28.8 Å². The Labute approximate surface area is 123 Å². The van der Waals surface area contributed by atoms with Gasteiger partial charge in [-0.2, -0.15) is 13.2 Å². The summed E-state index contributed by atoms with van der Waals surface area (Å²) in [4.78, 5) is 3.59. The van der Waals surface area contributed by atoms with Crippen LogP contribution in [-0.2, 0) is 9.31 Å². The number of allylic oxidation sites excluding steroid dienone is 3. The summed E-state index contributed by atoms with van der Waals surface area (Å²) in [6, 6.07) is 0. The summed E-state index contributed by atoms with van der Waals surface area (Å²) < 4.78 is 49.9. The summed E-state index contributed by atoms with van der Waals surface area (Å²) in [5.41, 5.74) is -1.35. The number of aliphatic imine (C=N–C) groups is 1. The van der Waals surface area contributed by atoms with E-state index in [-0.39, 0.29) is 12.8 Å². The Morgan fingerprint density at radius 3 is 2.24 bits per heavy atom. The van der Waals surface area contributed by atoms with E-state index in [4.69, 9.17) is 9.31 Å². The van der Waals surface area contributed by atoms with Crippen LogP contribution < -0.4 is 0 Å². The molecule has 0 spiro atoms. The van der Waals surface area contributed by atoms with Gasteiger partial charge in [-0.1, -0.05) is 12.2 Å². The van der Waals surface area contributed by atoms with Gasteiger partial charge < -0.3 is 9.31 Å². The van der Waals surface area contributed by atoms with E-state index in [0.29, 0.717) is 5.47 Å². The van der Waals surface area contributed by atoms with E-state index in [2.05, 4.69) is 4.99 Å². The molecule has 0 bridgehead atoms. The first-order valence-electron chi connectivity index (χ1n) is 6.89. The van der Waals surface area contributed by atoms with Crippen molar-refractivity contribution in [3.8, 4) is 0 Å². The van der Waals surface area contributed by atoms with Crippen LogP contribution in [0.1, 0.15) is 40.5 Å². The Hall–Kier alpha value is -1.08. The Kier molecular flexibility index (Phi) is 4.10. The lowest BCUT2D eigenvalue weighted by atomic mass is 9.78. The second-order valence-corrected chi connectivity index (χ2v) is 6.23. The number of alkyl halides is 3. The third-order valence-corrected chi connectivity index (χ3v) is 4.08. The van der Waals surface area contributed by atoms with Crippen molar-refractivity contribution in [3.63, 3.8) is 0 Å². The van der Waals surface area contributed by atoms with Crippen molar-refractivity contribution >= 4 is 12.8 Å². The molecule has 0 aromatic carbocycles. The largest absolute Gasteiger partial charge is 0.496 e. The minimum atomic E-state index is -4.40. The lowest BCUT2D eigenvalue weighted by molar-refractivity contribution is -0.0604. The first-order chi connectivity index (χ1) is 9.53. The third-order valence-electron chi connectivity index (χ3n) is 4.08. The van der Waals surface area contributed by atoms with Crippen LogP contribution in [0.5, 0.6) is 0 Å². The molecular weight excluding hydrogens is 282 g/mol. The zero-order valence-electron chi connectivity index (χ0n) is 12.6. The van der Waals surface area contributed by atoms with Crippen molar-refractivity contribution in [2.24, 2.45) is 4.99 Å². The Bertz CT molecular complexity index is 491. The van der Waals surface area contributed by atoms with Gasteiger partial charge in [0.15, 0.2) is 0 Å². The number of nitrogens with zero attached hydrogens (tertiary/aromatic N) is 1. The summed E-state index contributed by atoms with van der Waals surface area (Å²) >= 11 is 0. The molecule has 0 unspecified atom stereocenters. The molecule has 0 atom stereocenters. The van der Waals surface area contributed by atoms with Gasteiger partial charge in [-0.25, -0.2) is 0 Å². The quantitative estimate of drug-likeness (QED) is 0.689. The molecule has 0 N–H and O–H groups in total. The molecule has 1 saturated heterocycles. The first-order valence-corrected chi connectivity index (χ1v) is 6.89. The fourth-order valence-corrected chi connectivity index (χ4v) is 2.03. The standard InChI is InChI=1S/C14H19BF3NO2/c1-12(2)13(3,4)21-15(20-12)10-7-5-6-8-11(19-9-10)14(16,17)18/h5,7,9H,6,8H2,1-4H3. The zero-order valence-corrected chi connectivity index (χ0v) is 12.6. The van der Waals surface area contributed by atoms with Crippen LogP contribution in [0.3, 0.4) is 0 Å². The minimum absolute atomic E-state index is 0.118. The Morgan fingerprint density at radius 2 is 1.71 bits per heavy atom. The maximum atomic E-state index is 12.8. The number of hydrogen-bond acceptors (Lipinski definition) is 3. The van der Waals surface area contributed by atoms with Gasteiger partial charge in [0, 0.05) is 11.7 Å². The van der Waals surface area contributed by atoms with Gasteiger partial charge in [-0.3, -0.25) is 4.99 Å². The van der Waals surface area contributed by atoms with Crippen molar-refractivity contribution < 1.29 is 22.5 Å². The van der Waals surface area contributed by atoms with Gasteiger partial charge in [0.25, 0.3) is 0 Å². The Morgan fingerprint density at radius 1 is 1.14 bits per heavy atom. The van der Waals surface area contributed by atoms with Crippen molar-refractivity contribution in [1.29, 1.82) is 0 Å². The highest BCUT2D eigenvalue weighted by atomic mass is 19.4. The molecule has 0 aromatic rings. The lowest BCUT2D eigenvalue weighted by Gasteiger charge is -2.32. The second kappa shape index (κ2) is 5.28. The van der Waals surface area contributed by atoms with E-state index in [1.807, 2.05) is 27.7 Å². The highest BCUT2D eigenvalue weighted by Gasteiger charge is 2.52. The van der Waals surface area contributed by atoms with E-state index >= 15 is 0 Å². The van der Waals surface area contributed by atoms with Crippen molar-refractivity contribution in [3.05, 3.63) is 23.8 Å². The predicted molar refractivity (Wildman–Crippen MR) is 76.0 cm³/mol. The smallest absolute Gasteiger partial charge is 0.399 e. The van der Waals surface area contributed by atoms with Crippen LogP contribution in [-0.4, -0.2) is 30.2 Å². The third kappa shape index (κ3) is 3.40. The molecule has 21 heavy (non-hydrogen) atoms. The highest BCUT2D eigenvalue weighted by Crippen LogP contribution is 2.39. The van der Waals surface area contributed by atoms with Crippen LogP contribution >= 0.6 is 0 Å². The molecule has 3 nitrogen and oxygen atoms in total. The minimum Gasteiger partial charge on any atom is -0.399 e. The van der Waals surface area contributed by atoms with Crippen molar-refractivity contribution in [2.45, 2.75) is 57.9 Å². The van der Waals surface area contributed by atoms with Gasteiger partial charge in [0.1, 0.15) is 5.71 Å². The fourth-order valence-electron chi connectivity index (χ4n) is 2.03. The van der Waals surface area contributed by atoms with E-state index < -0.39 is 30.2 Å². The lowest BCUT2D eigenvalue weighted by Crippen LogP contribution is -2.41. The summed E-state index contributed by atoms with van der Waals surface area (Å²) in [7, 11) is -0.706. The van der Waals surface area contributed by atoms with Crippen molar-refractivity contribution in [1.82, 2.24) is 0 Å². The normalized spacial score (nSPS) is 25.2. The Balaban J connectivity index is 2.27. The summed E-state index contributed by atoms with van der Waals surface area (Å²) in [6.07, 6.45) is 0.377. The fraction of sp³-hybridized carbons (Fsp3) is 0.643. The summed E-state index contributed by atoms with van der Waals surface area (Å²) in [5, 5.41) is 0. The molecule has 2 aliphatic rings. The van der Waals surface area contributed by atoms with Crippen LogP contribution in [0, 0.1) is 0 Å². The summed E-state index contributed by atoms with van der Waals surface area (Å²) in [5.74, 6) is 0. The molecule has 7 heteroatoms. The molecule has 1 fully saturated rings. The number of hydrogen-bond donors (Lipinski definition) is 0. The van der Waals surface area contributed by atoms with Gasteiger partial charge in [-0.15, -0.1) is 0 Å². The van der Waals surface area contributed by atoms with Crippen molar-refractivity contribution in [2.75, 3.05) is 0 Å². The van der Waals surface area contributed by atoms with Gasteiger partial charge in [-0.05, 0) is 40.5 Å². The predicted octanol–water partition coefficient (Wildman–Crippen LogP) is 3.86. The second-order valence-electron chi connectivity index (χ2n) is 6.23. The average molecular weight is 301 g/mol. The molecule has 2 aliphatic heterocycles. The highest BCUT2D eigenvalue weighted by molar-refractivity contribution is 6.55. The van der Waals surface area contributed by atoms with Gasteiger partial charge >= 0.3 is 13.3 Å². The monoisotopic (exact) mass is 301 g/mol. The maximum Gasteiger partial charge on any atom is 0.496 e. The number of halogens is 3. The SMILES string of the molecule is CC1(C)OB(C2=CN=C(C(F)(F)F)CCC=C2)OC1(C)C. The molecule has 0 radical (unpaired) electrons. The molecule has 116 valence electrons. The number of rotatable bonds is 1. The molecule has 0 amide bonds. The molecule has 0 aromatic heterocycles. The van der Waals surface area contributed by atoms with Crippen LogP contribution in [0.4, 0.5) is 13.2 Å². The molecule has 2 rings (SSSR count).